The summed E-state index contributed by atoms with van der Waals surface area (Å²) in [5, 5.41) is 2.75. The predicted octanol–water partition coefficient (Wildman–Crippen LogP) is 4.19. The highest BCUT2D eigenvalue weighted by Gasteiger charge is 2.25. The summed E-state index contributed by atoms with van der Waals surface area (Å²) in [5.74, 6) is -0.336. The van der Waals surface area contributed by atoms with Gasteiger partial charge < -0.3 is 10.1 Å². The number of hydrogen-bond acceptors (Lipinski definition) is 4. The second-order valence-electron chi connectivity index (χ2n) is 7.30. The molecule has 0 spiro atoms. The number of amides is 1. The molecular formula is C22H27FN2O4S. The van der Waals surface area contributed by atoms with Crippen LogP contribution in [-0.4, -0.2) is 37.8 Å². The molecule has 3 rings (SSSR count). The Morgan fingerprint density at radius 1 is 1.03 bits per heavy atom. The molecule has 0 radical (unpaired) electrons. The lowest BCUT2D eigenvalue weighted by molar-refractivity contribution is -0.122. The number of nitrogens with one attached hydrogen (secondary N) is 1. The Labute approximate surface area is 177 Å². The fourth-order valence-electron chi connectivity index (χ4n) is 3.36. The van der Waals surface area contributed by atoms with Crippen LogP contribution in [0.25, 0.3) is 0 Å². The van der Waals surface area contributed by atoms with Crippen LogP contribution in [-0.2, 0) is 14.8 Å². The number of sulfonamides is 1. The van der Waals surface area contributed by atoms with E-state index in [4.69, 9.17) is 4.74 Å². The van der Waals surface area contributed by atoms with E-state index in [9.17, 15) is 17.6 Å². The first-order valence-corrected chi connectivity index (χ1v) is 11.7. The summed E-state index contributed by atoms with van der Waals surface area (Å²) in [4.78, 5) is 12.8. The fraction of sp³-hybridized carbons (Fsp3) is 0.409. The van der Waals surface area contributed by atoms with E-state index >= 15 is 0 Å². The molecule has 8 heteroatoms. The zero-order chi connectivity index (χ0) is 21.6. The molecule has 1 aliphatic rings. The van der Waals surface area contributed by atoms with Gasteiger partial charge in [0, 0.05) is 18.8 Å². The second-order valence-corrected chi connectivity index (χ2v) is 9.24. The van der Waals surface area contributed by atoms with Crippen molar-refractivity contribution in [3.8, 4) is 5.75 Å². The van der Waals surface area contributed by atoms with E-state index in [0.717, 1.165) is 25.7 Å². The standard InChI is InChI=1S/C22H27FN2O4S/c1-2-21(29-19-11-7-17(23)8-12-19)22(26)24-18-9-13-20(14-10-18)30(27,28)25-15-5-3-4-6-16-25/h7-14,21H,2-6,15-16H2,1H3,(H,24,26)/t21-/m1/s1. The molecule has 1 amide bonds. The smallest absolute Gasteiger partial charge is 0.265 e. The zero-order valence-corrected chi connectivity index (χ0v) is 17.8. The van der Waals surface area contributed by atoms with Gasteiger partial charge in [-0.25, -0.2) is 12.8 Å². The number of anilines is 1. The van der Waals surface area contributed by atoms with Crippen molar-refractivity contribution >= 4 is 21.6 Å². The van der Waals surface area contributed by atoms with Gasteiger partial charge in [-0.05, 0) is 67.8 Å². The van der Waals surface area contributed by atoms with E-state index < -0.39 is 16.1 Å². The number of ether oxygens (including phenoxy) is 1. The minimum atomic E-state index is -3.53. The number of halogens is 1. The van der Waals surface area contributed by atoms with Crippen LogP contribution in [0.2, 0.25) is 0 Å². The molecule has 1 aliphatic heterocycles. The van der Waals surface area contributed by atoms with E-state index in [-0.39, 0.29) is 16.6 Å². The fourth-order valence-corrected chi connectivity index (χ4v) is 4.88. The third kappa shape index (κ3) is 5.58. The van der Waals surface area contributed by atoms with Gasteiger partial charge >= 0.3 is 0 Å². The quantitative estimate of drug-likeness (QED) is 0.709. The third-order valence-electron chi connectivity index (χ3n) is 5.08. The van der Waals surface area contributed by atoms with Crippen molar-refractivity contribution < 1.29 is 22.3 Å². The normalized spacial score (nSPS) is 16.5. The molecular weight excluding hydrogens is 407 g/mol. The van der Waals surface area contributed by atoms with Crippen LogP contribution in [0.15, 0.2) is 53.4 Å². The van der Waals surface area contributed by atoms with Crippen LogP contribution in [0.1, 0.15) is 39.0 Å². The van der Waals surface area contributed by atoms with Crippen molar-refractivity contribution in [1.82, 2.24) is 4.31 Å². The lowest BCUT2D eigenvalue weighted by atomic mass is 10.2. The highest BCUT2D eigenvalue weighted by molar-refractivity contribution is 7.89. The van der Waals surface area contributed by atoms with Crippen LogP contribution in [0.4, 0.5) is 10.1 Å². The predicted molar refractivity (Wildman–Crippen MR) is 113 cm³/mol. The Morgan fingerprint density at radius 3 is 2.20 bits per heavy atom. The molecule has 1 atom stereocenters. The van der Waals surface area contributed by atoms with Gasteiger partial charge in [0.15, 0.2) is 6.10 Å². The van der Waals surface area contributed by atoms with E-state index in [0.29, 0.717) is 30.9 Å². The monoisotopic (exact) mass is 434 g/mol. The highest BCUT2D eigenvalue weighted by atomic mass is 32.2. The van der Waals surface area contributed by atoms with E-state index in [1.807, 2.05) is 6.92 Å². The van der Waals surface area contributed by atoms with Gasteiger partial charge in [-0.3, -0.25) is 4.79 Å². The average molecular weight is 435 g/mol. The van der Waals surface area contributed by atoms with Crippen LogP contribution in [0.5, 0.6) is 5.75 Å². The number of hydrogen-bond donors (Lipinski definition) is 1. The Bertz CT molecular complexity index is 938. The minimum Gasteiger partial charge on any atom is -0.481 e. The molecule has 2 aromatic carbocycles. The molecule has 2 aromatic rings. The Hall–Kier alpha value is -2.45. The molecule has 0 aromatic heterocycles. The molecule has 0 unspecified atom stereocenters. The molecule has 0 saturated carbocycles. The molecule has 0 bridgehead atoms. The summed E-state index contributed by atoms with van der Waals surface area (Å²) in [5.41, 5.74) is 0.482. The molecule has 1 N–H and O–H groups in total. The summed E-state index contributed by atoms with van der Waals surface area (Å²) in [6.07, 6.45) is 3.52. The van der Waals surface area contributed by atoms with E-state index in [2.05, 4.69) is 5.32 Å². The highest BCUT2D eigenvalue weighted by Crippen LogP contribution is 2.22. The first kappa shape index (κ1) is 22.2. The Kier molecular flexibility index (Phi) is 7.44. The van der Waals surface area contributed by atoms with Crippen LogP contribution < -0.4 is 10.1 Å². The van der Waals surface area contributed by atoms with Crippen molar-refractivity contribution in [2.45, 2.75) is 50.0 Å². The third-order valence-corrected chi connectivity index (χ3v) is 6.99. The second kappa shape index (κ2) is 10.0. The van der Waals surface area contributed by atoms with Crippen molar-refractivity contribution in [2.75, 3.05) is 18.4 Å². The lowest BCUT2D eigenvalue weighted by Gasteiger charge is -2.20. The van der Waals surface area contributed by atoms with Crippen molar-refractivity contribution in [3.63, 3.8) is 0 Å². The number of nitrogens with zero attached hydrogens (tertiary/aromatic N) is 1. The topological polar surface area (TPSA) is 75.7 Å². The van der Waals surface area contributed by atoms with Crippen LogP contribution >= 0.6 is 0 Å². The number of carbonyl (C=O) groups is 1. The summed E-state index contributed by atoms with van der Waals surface area (Å²) in [6, 6.07) is 11.6. The summed E-state index contributed by atoms with van der Waals surface area (Å²) in [7, 11) is -3.53. The van der Waals surface area contributed by atoms with Crippen molar-refractivity contribution in [1.29, 1.82) is 0 Å². The van der Waals surface area contributed by atoms with Gasteiger partial charge in [-0.2, -0.15) is 4.31 Å². The lowest BCUT2D eigenvalue weighted by Crippen LogP contribution is -2.32. The van der Waals surface area contributed by atoms with Gasteiger partial charge in [0.2, 0.25) is 10.0 Å². The maximum atomic E-state index is 13.0. The zero-order valence-electron chi connectivity index (χ0n) is 17.0. The Balaban J connectivity index is 1.65. The minimum absolute atomic E-state index is 0.219. The number of carbonyl (C=O) groups excluding carboxylic acids is 1. The molecule has 1 heterocycles. The summed E-state index contributed by atoms with van der Waals surface area (Å²) < 4.78 is 45.9. The average Bonchev–Trinajstić information content (AvgIpc) is 3.04. The van der Waals surface area contributed by atoms with Gasteiger partial charge in [-0.15, -0.1) is 0 Å². The van der Waals surface area contributed by atoms with Crippen LogP contribution in [0.3, 0.4) is 0 Å². The molecule has 30 heavy (non-hydrogen) atoms. The van der Waals surface area contributed by atoms with Crippen molar-refractivity contribution in [3.05, 3.63) is 54.3 Å². The van der Waals surface area contributed by atoms with Crippen molar-refractivity contribution in [2.24, 2.45) is 0 Å². The molecule has 6 nitrogen and oxygen atoms in total. The number of rotatable bonds is 7. The van der Waals surface area contributed by atoms with Gasteiger partial charge in [0.05, 0.1) is 4.90 Å². The van der Waals surface area contributed by atoms with Gasteiger partial charge in [0.25, 0.3) is 5.91 Å². The maximum Gasteiger partial charge on any atom is 0.265 e. The molecule has 0 aliphatic carbocycles. The molecule has 1 saturated heterocycles. The maximum absolute atomic E-state index is 13.0. The number of benzene rings is 2. The first-order chi connectivity index (χ1) is 14.4. The van der Waals surface area contributed by atoms with E-state index in [1.54, 1.807) is 12.1 Å². The molecule has 162 valence electrons. The summed E-state index contributed by atoms with van der Waals surface area (Å²) >= 11 is 0. The van der Waals surface area contributed by atoms with Crippen LogP contribution in [0, 0.1) is 5.82 Å². The first-order valence-electron chi connectivity index (χ1n) is 10.2. The Morgan fingerprint density at radius 2 is 1.63 bits per heavy atom. The van der Waals surface area contributed by atoms with E-state index in [1.165, 1.54) is 40.7 Å². The largest absolute Gasteiger partial charge is 0.481 e. The van der Waals surface area contributed by atoms with Gasteiger partial charge in [0.1, 0.15) is 11.6 Å². The summed E-state index contributed by atoms with van der Waals surface area (Å²) in [6.45, 7) is 2.89. The molecule has 1 fully saturated rings. The SMILES string of the molecule is CC[C@@H](Oc1ccc(F)cc1)C(=O)Nc1ccc(S(=O)(=O)N2CCCCCC2)cc1. The van der Waals surface area contributed by atoms with Gasteiger partial charge in [-0.1, -0.05) is 19.8 Å².